The Morgan fingerprint density at radius 3 is 2.29 bits per heavy atom. The molecule has 116 valence electrons. The average molecular weight is 310 g/mol. The van der Waals surface area contributed by atoms with Gasteiger partial charge in [0.15, 0.2) is 5.82 Å². The van der Waals surface area contributed by atoms with Crippen LogP contribution in [0.25, 0.3) is 0 Å². The summed E-state index contributed by atoms with van der Waals surface area (Å²) in [5.74, 6) is -3.09. The van der Waals surface area contributed by atoms with Crippen molar-refractivity contribution in [1.82, 2.24) is 15.3 Å². The van der Waals surface area contributed by atoms with Gasteiger partial charge in [-0.25, -0.2) is 19.2 Å². The summed E-state index contributed by atoms with van der Waals surface area (Å²) in [5.41, 5.74) is 0. The van der Waals surface area contributed by atoms with Crippen molar-refractivity contribution in [3.05, 3.63) is 18.2 Å². The number of aliphatic carboxylic acids is 1. The maximum Gasteiger partial charge on any atom is 0.490 e. The van der Waals surface area contributed by atoms with Crippen molar-refractivity contribution in [2.24, 2.45) is 0 Å². The zero-order chi connectivity index (χ0) is 16.0. The van der Waals surface area contributed by atoms with E-state index in [0.29, 0.717) is 13.1 Å². The zero-order valence-electron chi connectivity index (χ0n) is 10.4. The fourth-order valence-electron chi connectivity index (χ4n) is 1.26. The van der Waals surface area contributed by atoms with Crippen LogP contribution in [-0.4, -0.2) is 52.8 Å². The summed E-state index contributed by atoms with van der Waals surface area (Å²) in [5, 5.41) is 10.0. The van der Waals surface area contributed by atoms with E-state index in [2.05, 4.69) is 15.3 Å². The molecule has 2 heterocycles. The van der Waals surface area contributed by atoms with Gasteiger partial charge in [-0.15, -0.1) is 0 Å². The van der Waals surface area contributed by atoms with E-state index in [1.54, 1.807) is 0 Å². The molecular weight excluding hydrogens is 300 g/mol. The lowest BCUT2D eigenvalue weighted by atomic mass is 10.4. The van der Waals surface area contributed by atoms with Gasteiger partial charge in [0, 0.05) is 13.1 Å². The molecule has 1 aliphatic rings. The smallest absolute Gasteiger partial charge is 0.475 e. The number of hydrogen-bond donors (Lipinski definition) is 2. The lowest BCUT2D eigenvalue weighted by molar-refractivity contribution is -0.192. The molecule has 0 unspecified atom stereocenters. The van der Waals surface area contributed by atoms with Gasteiger partial charge in [0.2, 0.25) is 11.9 Å². The molecule has 1 aliphatic heterocycles. The molecule has 0 radical (unpaired) electrons. The van der Waals surface area contributed by atoms with Crippen LogP contribution in [0.15, 0.2) is 12.4 Å². The van der Waals surface area contributed by atoms with Crippen molar-refractivity contribution in [2.45, 2.75) is 6.18 Å². The highest BCUT2D eigenvalue weighted by atomic mass is 19.4. The Bertz CT molecular complexity index is 506. The first kappa shape index (κ1) is 16.8. The minimum Gasteiger partial charge on any atom is -0.475 e. The van der Waals surface area contributed by atoms with Gasteiger partial charge in [-0.05, 0) is 0 Å². The van der Waals surface area contributed by atoms with Crippen LogP contribution in [0.2, 0.25) is 0 Å². The summed E-state index contributed by atoms with van der Waals surface area (Å²) in [6.07, 6.45) is -2.98. The van der Waals surface area contributed by atoms with Crippen molar-refractivity contribution in [2.75, 3.05) is 24.5 Å². The highest BCUT2D eigenvalue weighted by Gasteiger charge is 2.38. The molecule has 0 saturated carbocycles. The predicted octanol–water partition coefficient (Wildman–Crippen LogP) is 0.185. The van der Waals surface area contributed by atoms with Crippen LogP contribution in [-0.2, 0) is 9.59 Å². The zero-order valence-corrected chi connectivity index (χ0v) is 10.4. The van der Waals surface area contributed by atoms with E-state index in [0.717, 1.165) is 12.4 Å². The first-order valence-electron chi connectivity index (χ1n) is 5.50. The fraction of sp³-hybridized carbons (Fsp3) is 0.400. The van der Waals surface area contributed by atoms with Crippen molar-refractivity contribution in [3.63, 3.8) is 0 Å². The first-order chi connectivity index (χ1) is 9.71. The Balaban J connectivity index is 0.000000270. The Hall–Kier alpha value is -2.30. The highest BCUT2D eigenvalue weighted by Crippen LogP contribution is 2.13. The van der Waals surface area contributed by atoms with Crippen LogP contribution < -0.4 is 10.2 Å². The lowest BCUT2D eigenvalue weighted by Crippen LogP contribution is -2.48. The second-order valence-electron chi connectivity index (χ2n) is 3.73. The third-order valence-electron chi connectivity index (χ3n) is 2.18. The van der Waals surface area contributed by atoms with E-state index in [-0.39, 0.29) is 18.4 Å². The van der Waals surface area contributed by atoms with Crippen LogP contribution in [0.4, 0.5) is 23.5 Å². The number of nitrogens with zero attached hydrogens (tertiary/aromatic N) is 3. The number of carbonyl (C=O) groups is 2. The van der Waals surface area contributed by atoms with Gasteiger partial charge in [-0.1, -0.05) is 0 Å². The van der Waals surface area contributed by atoms with E-state index >= 15 is 0 Å². The standard InChI is InChI=1S/C8H9FN4O.C2HF3O2/c9-6-3-11-8(12-4-6)13-2-1-10-5-7(13)14;3-2(4,5)1(6)7/h3-4,10H,1-2,5H2;(H,6,7). The molecule has 0 aromatic carbocycles. The van der Waals surface area contributed by atoms with Gasteiger partial charge < -0.3 is 10.4 Å². The monoisotopic (exact) mass is 310 g/mol. The number of carbonyl (C=O) groups excluding carboxylic acids is 1. The number of hydrogen-bond acceptors (Lipinski definition) is 5. The quantitative estimate of drug-likeness (QED) is 0.719. The SMILES string of the molecule is O=C(O)C(F)(F)F.O=C1CNCCN1c1ncc(F)cn1. The van der Waals surface area contributed by atoms with Crippen LogP contribution in [0.5, 0.6) is 0 Å². The number of nitrogens with one attached hydrogen (secondary N) is 1. The third-order valence-corrected chi connectivity index (χ3v) is 2.18. The molecule has 1 aromatic rings. The molecule has 1 aromatic heterocycles. The van der Waals surface area contributed by atoms with Crippen molar-refractivity contribution in [1.29, 1.82) is 0 Å². The molecule has 1 fully saturated rings. The Morgan fingerprint density at radius 2 is 1.86 bits per heavy atom. The molecule has 11 heteroatoms. The van der Waals surface area contributed by atoms with E-state index in [4.69, 9.17) is 9.90 Å². The Labute approximate surface area is 115 Å². The summed E-state index contributed by atoms with van der Waals surface area (Å²) in [7, 11) is 0. The molecule has 0 atom stereocenters. The molecule has 21 heavy (non-hydrogen) atoms. The molecule has 1 saturated heterocycles. The van der Waals surface area contributed by atoms with Crippen LogP contribution in [0, 0.1) is 5.82 Å². The van der Waals surface area contributed by atoms with Gasteiger partial charge in [0.25, 0.3) is 0 Å². The van der Waals surface area contributed by atoms with Gasteiger partial charge in [-0.2, -0.15) is 13.2 Å². The number of piperazine rings is 1. The summed E-state index contributed by atoms with van der Waals surface area (Å²) >= 11 is 0. The van der Waals surface area contributed by atoms with Gasteiger partial charge in [0.1, 0.15) is 0 Å². The van der Waals surface area contributed by atoms with E-state index < -0.39 is 18.0 Å². The number of amides is 1. The largest absolute Gasteiger partial charge is 0.490 e. The predicted molar refractivity (Wildman–Crippen MR) is 60.9 cm³/mol. The van der Waals surface area contributed by atoms with Gasteiger partial charge >= 0.3 is 12.1 Å². The maximum absolute atomic E-state index is 12.5. The van der Waals surface area contributed by atoms with Crippen LogP contribution >= 0.6 is 0 Å². The van der Waals surface area contributed by atoms with Gasteiger partial charge in [0.05, 0.1) is 18.9 Å². The first-order valence-corrected chi connectivity index (χ1v) is 5.50. The number of anilines is 1. The number of carboxylic acids is 1. The third kappa shape index (κ3) is 5.30. The summed E-state index contributed by atoms with van der Waals surface area (Å²) in [4.78, 5) is 29.2. The van der Waals surface area contributed by atoms with E-state index in [1.807, 2.05) is 0 Å². The average Bonchev–Trinajstić information content (AvgIpc) is 2.40. The molecule has 7 nitrogen and oxygen atoms in total. The van der Waals surface area contributed by atoms with Crippen molar-refractivity contribution < 1.29 is 32.3 Å². The second-order valence-corrected chi connectivity index (χ2v) is 3.73. The van der Waals surface area contributed by atoms with Crippen LogP contribution in [0.1, 0.15) is 0 Å². The molecule has 2 N–H and O–H groups in total. The molecule has 0 aliphatic carbocycles. The minimum atomic E-state index is -5.08. The molecule has 1 amide bonds. The number of alkyl halides is 3. The summed E-state index contributed by atoms with van der Waals surface area (Å²) < 4.78 is 44.2. The molecular formula is C10H10F4N4O3. The topological polar surface area (TPSA) is 95.4 Å². The lowest BCUT2D eigenvalue weighted by Gasteiger charge is -2.24. The van der Waals surface area contributed by atoms with Gasteiger partial charge in [-0.3, -0.25) is 9.69 Å². The fourth-order valence-corrected chi connectivity index (χ4v) is 1.26. The number of halogens is 4. The molecule has 2 rings (SSSR count). The number of rotatable bonds is 1. The van der Waals surface area contributed by atoms with E-state index in [1.165, 1.54) is 4.90 Å². The van der Waals surface area contributed by atoms with Crippen LogP contribution in [0.3, 0.4) is 0 Å². The summed E-state index contributed by atoms with van der Waals surface area (Å²) in [6, 6.07) is 0. The minimum absolute atomic E-state index is 0.0946. The summed E-state index contributed by atoms with van der Waals surface area (Å²) in [6.45, 7) is 1.50. The van der Waals surface area contributed by atoms with Crippen molar-refractivity contribution >= 4 is 17.8 Å². The maximum atomic E-state index is 12.5. The normalized spacial score (nSPS) is 15.2. The number of aromatic nitrogens is 2. The van der Waals surface area contributed by atoms with E-state index in [9.17, 15) is 22.4 Å². The second kappa shape index (κ2) is 6.92. The molecule has 0 bridgehead atoms. The number of carboxylic acid groups (broad SMARTS) is 1. The highest BCUT2D eigenvalue weighted by molar-refractivity contribution is 5.93. The molecule has 0 spiro atoms. The Morgan fingerprint density at radius 1 is 1.33 bits per heavy atom. The Kier molecular flexibility index (Phi) is 5.52. The van der Waals surface area contributed by atoms with Crippen molar-refractivity contribution in [3.8, 4) is 0 Å².